The van der Waals surface area contributed by atoms with E-state index in [-0.39, 0.29) is 18.9 Å². The lowest BCUT2D eigenvalue weighted by Gasteiger charge is -2.18. The third kappa shape index (κ3) is 3.52. The van der Waals surface area contributed by atoms with Crippen molar-refractivity contribution in [1.29, 1.82) is 0 Å². The number of nitrogens with zero attached hydrogens (tertiary/aromatic N) is 3. The summed E-state index contributed by atoms with van der Waals surface area (Å²) < 4.78 is 1.71. The summed E-state index contributed by atoms with van der Waals surface area (Å²) in [5, 5.41) is 13.1. The maximum Gasteiger partial charge on any atom is 0.305 e. The van der Waals surface area contributed by atoms with Gasteiger partial charge >= 0.3 is 5.97 Å². The second-order valence-corrected chi connectivity index (χ2v) is 4.95. The Morgan fingerprint density at radius 1 is 1.27 bits per heavy atom. The van der Waals surface area contributed by atoms with E-state index in [9.17, 15) is 9.59 Å². The van der Waals surface area contributed by atoms with E-state index in [1.165, 1.54) is 4.90 Å². The van der Waals surface area contributed by atoms with Gasteiger partial charge in [-0.15, -0.1) is 0 Å². The van der Waals surface area contributed by atoms with Crippen LogP contribution in [0.4, 0.5) is 0 Å². The minimum absolute atomic E-state index is 0.0715. The number of carboxylic acid groups (broad SMARTS) is 1. The smallest absolute Gasteiger partial charge is 0.305 e. The van der Waals surface area contributed by atoms with E-state index >= 15 is 0 Å². The Morgan fingerprint density at radius 3 is 2.55 bits per heavy atom. The van der Waals surface area contributed by atoms with Crippen LogP contribution in [0.2, 0.25) is 0 Å². The van der Waals surface area contributed by atoms with Crippen molar-refractivity contribution < 1.29 is 14.7 Å². The van der Waals surface area contributed by atoms with Crippen LogP contribution >= 0.6 is 0 Å². The highest BCUT2D eigenvalue weighted by molar-refractivity contribution is 5.92. The van der Waals surface area contributed by atoms with Crippen LogP contribution in [0.15, 0.2) is 36.4 Å². The highest BCUT2D eigenvalue weighted by atomic mass is 16.4. The van der Waals surface area contributed by atoms with Gasteiger partial charge in [-0.25, -0.2) is 4.68 Å². The molecule has 116 valence electrons. The first-order chi connectivity index (χ1) is 10.5. The van der Waals surface area contributed by atoms with Gasteiger partial charge < -0.3 is 10.0 Å². The number of carbonyl (C=O) groups is 2. The van der Waals surface area contributed by atoms with E-state index in [1.807, 2.05) is 44.2 Å². The lowest BCUT2D eigenvalue weighted by molar-refractivity contribution is -0.137. The largest absolute Gasteiger partial charge is 0.481 e. The zero-order valence-corrected chi connectivity index (χ0v) is 12.7. The summed E-state index contributed by atoms with van der Waals surface area (Å²) in [4.78, 5) is 24.6. The summed E-state index contributed by atoms with van der Waals surface area (Å²) in [6.45, 7) is 4.33. The molecule has 22 heavy (non-hydrogen) atoms. The van der Waals surface area contributed by atoms with Crippen LogP contribution in [-0.4, -0.2) is 44.8 Å². The Labute approximate surface area is 129 Å². The number of carboxylic acids is 1. The maximum atomic E-state index is 12.4. The maximum absolute atomic E-state index is 12.4. The molecule has 0 unspecified atom stereocenters. The molecular weight excluding hydrogens is 282 g/mol. The van der Waals surface area contributed by atoms with Crippen molar-refractivity contribution in [2.45, 2.75) is 20.3 Å². The normalized spacial score (nSPS) is 10.5. The summed E-state index contributed by atoms with van der Waals surface area (Å²) in [5.41, 5.74) is 2.06. The van der Waals surface area contributed by atoms with E-state index in [1.54, 1.807) is 10.7 Å². The molecule has 2 rings (SSSR count). The van der Waals surface area contributed by atoms with E-state index in [0.29, 0.717) is 12.2 Å². The third-order valence-corrected chi connectivity index (χ3v) is 3.37. The number of aromatic nitrogens is 2. The molecule has 6 nitrogen and oxygen atoms in total. The number of aryl methyl sites for hydroxylation is 1. The fraction of sp³-hybridized carbons (Fsp3) is 0.312. The van der Waals surface area contributed by atoms with Crippen LogP contribution < -0.4 is 0 Å². The molecular formula is C16H19N3O3. The number of para-hydroxylation sites is 1. The number of benzene rings is 1. The van der Waals surface area contributed by atoms with Gasteiger partial charge in [0.05, 0.1) is 12.1 Å². The zero-order chi connectivity index (χ0) is 16.1. The van der Waals surface area contributed by atoms with E-state index in [2.05, 4.69) is 5.10 Å². The predicted molar refractivity (Wildman–Crippen MR) is 82.1 cm³/mol. The third-order valence-electron chi connectivity index (χ3n) is 3.37. The van der Waals surface area contributed by atoms with Crippen molar-refractivity contribution in [3.05, 3.63) is 47.8 Å². The molecule has 2 aromatic rings. The first-order valence-electron chi connectivity index (χ1n) is 7.16. The van der Waals surface area contributed by atoms with E-state index in [4.69, 9.17) is 5.11 Å². The molecule has 1 aromatic heterocycles. The van der Waals surface area contributed by atoms with Crippen molar-refractivity contribution in [1.82, 2.24) is 14.7 Å². The summed E-state index contributed by atoms with van der Waals surface area (Å²) >= 11 is 0. The van der Waals surface area contributed by atoms with E-state index in [0.717, 1.165) is 11.4 Å². The van der Waals surface area contributed by atoms with Crippen molar-refractivity contribution in [3.8, 4) is 5.69 Å². The van der Waals surface area contributed by atoms with E-state index < -0.39 is 5.97 Å². The fourth-order valence-corrected chi connectivity index (χ4v) is 2.21. The first kappa shape index (κ1) is 15.8. The van der Waals surface area contributed by atoms with Crippen LogP contribution in [0, 0.1) is 6.92 Å². The second-order valence-electron chi connectivity index (χ2n) is 4.95. The molecule has 6 heteroatoms. The Hall–Kier alpha value is -2.63. The van der Waals surface area contributed by atoms with Crippen LogP contribution in [0.5, 0.6) is 0 Å². The lowest BCUT2D eigenvalue weighted by atomic mass is 10.3. The summed E-state index contributed by atoms with van der Waals surface area (Å²) in [6, 6.07) is 11.3. The van der Waals surface area contributed by atoms with Gasteiger partial charge in [0.1, 0.15) is 0 Å². The molecule has 0 aliphatic rings. The average Bonchev–Trinajstić information content (AvgIpc) is 2.90. The Morgan fingerprint density at radius 2 is 1.95 bits per heavy atom. The van der Waals surface area contributed by atoms with Gasteiger partial charge in [0.2, 0.25) is 0 Å². The average molecular weight is 301 g/mol. The molecule has 0 saturated heterocycles. The van der Waals surface area contributed by atoms with Crippen molar-refractivity contribution in [3.63, 3.8) is 0 Å². The number of rotatable bonds is 6. The number of aliphatic carboxylic acids is 1. The van der Waals surface area contributed by atoms with Gasteiger partial charge in [-0.2, -0.15) is 5.10 Å². The monoisotopic (exact) mass is 301 g/mol. The molecule has 1 N–H and O–H groups in total. The Kier molecular flexibility index (Phi) is 4.93. The number of hydrogen-bond acceptors (Lipinski definition) is 3. The van der Waals surface area contributed by atoms with Gasteiger partial charge in [0, 0.05) is 18.8 Å². The highest BCUT2D eigenvalue weighted by Crippen LogP contribution is 2.13. The minimum Gasteiger partial charge on any atom is -0.481 e. The van der Waals surface area contributed by atoms with Gasteiger partial charge in [-0.05, 0) is 32.0 Å². The van der Waals surface area contributed by atoms with Crippen LogP contribution in [0.25, 0.3) is 5.69 Å². The van der Waals surface area contributed by atoms with Crippen molar-refractivity contribution >= 4 is 11.9 Å². The molecule has 1 heterocycles. The Balaban J connectivity index is 2.22. The predicted octanol–water partition coefficient (Wildman–Crippen LogP) is 2.12. The molecule has 0 spiro atoms. The zero-order valence-electron chi connectivity index (χ0n) is 12.7. The molecule has 0 radical (unpaired) electrons. The molecule has 0 aliphatic heterocycles. The highest BCUT2D eigenvalue weighted by Gasteiger charge is 2.19. The van der Waals surface area contributed by atoms with Crippen LogP contribution in [-0.2, 0) is 4.79 Å². The first-order valence-corrected chi connectivity index (χ1v) is 7.16. The summed E-state index contributed by atoms with van der Waals surface area (Å²) in [6.07, 6.45) is -0.0715. The van der Waals surface area contributed by atoms with Gasteiger partial charge in [0.15, 0.2) is 5.69 Å². The van der Waals surface area contributed by atoms with Crippen molar-refractivity contribution in [2.75, 3.05) is 13.1 Å². The fourth-order valence-electron chi connectivity index (χ4n) is 2.21. The molecule has 0 atom stereocenters. The van der Waals surface area contributed by atoms with Crippen LogP contribution in [0.1, 0.15) is 29.5 Å². The topological polar surface area (TPSA) is 75.4 Å². The number of hydrogen-bond donors (Lipinski definition) is 1. The van der Waals surface area contributed by atoms with Gasteiger partial charge in [0.25, 0.3) is 5.91 Å². The lowest BCUT2D eigenvalue weighted by Crippen LogP contribution is -2.33. The quantitative estimate of drug-likeness (QED) is 0.886. The molecule has 0 bridgehead atoms. The number of carbonyl (C=O) groups excluding carboxylic acids is 1. The molecule has 0 aliphatic carbocycles. The standard InChI is InChI=1S/C16H19N3O3/c1-3-18(10-9-15(20)21)16(22)14-11-12(2)19(17-14)13-7-5-4-6-8-13/h4-8,11H,3,9-10H2,1-2H3,(H,20,21). The van der Waals surface area contributed by atoms with Gasteiger partial charge in [-0.3, -0.25) is 9.59 Å². The van der Waals surface area contributed by atoms with Crippen LogP contribution in [0.3, 0.4) is 0 Å². The Bertz CT molecular complexity index is 665. The second kappa shape index (κ2) is 6.89. The van der Waals surface area contributed by atoms with Gasteiger partial charge in [-0.1, -0.05) is 18.2 Å². The molecule has 1 amide bonds. The molecule has 0 fully saturated rings. The van der Waals surface area contributed by atoms with Crippen molar-refractivity contribution in [2.24, 2.45) is 0 Å². The molecule has 0 saturated carbocycles. The number of amides is 1. The SMILES string of the molecule is CCN(CCC(=O)O)C(=O)c1cc(C)n(-c2ccccc2)n1. The summed E-state index contributed by atoms with van der Waals surface area (Å²) in [7, 11) is 0. The minimum atomic E-state index is -0.919. The molecule has 1 aromatic carbocycles. The summed E-state index contributed by atoms with van der Waals surface area (Å²) in [5.74, 6) is -1.17.